The van der Waals surface area contributed by atoms with Crippen LogP contribution >= 0.6 is 11.6 Å². The summed E-state index contributed by atoms with van der Waals surface area (Å²) in [6.07, 6.45) is -0.745. The molecule has 1 aromatic heterocycles. The van der Waals surface area contributed by atoms with Crippen LogP contribution in [0.2, 0.25) is 5.02 Å². The van der Waals surface area contributed by atoms with E-state index in [1.165, 1.54) is 19.3 Å². The number of hydrogen-bond donors (Lipinski definition) is 2. The second-order valence-electron chi connectivity index (χ2n) is 5.22. The molecule has 0 aliphatic carbocycles. The van der Waals surface area contributed by atoms with E-state index < -0.39 is 23.7 Å². The first-order valence-electron chi connectivity index (χ1n) is 7.49. The van der Waals surface area contributed by atoms with Crippen molar-refractivity contribution in [3.8, 4) is 0 Å². The molecule has 0 aliphatic heterocycles. The van der Waals surface area contributed by atoms with Crippen molar-refractivity contribution < 1.29 is 18.0 Å². The third-order valence-corrected chi connectivity index (χ3v) is 3.41. The molecule has 27 heavy (non-hydrogen) atoms. The number of benzene rings is 1. The summed E-state index contributed by atoms with van der Waals surface area (Å²) >= 11 is 5.70. The van der Waals surface area contributed by atoms with Crippen LogP contribution in [-0.4, -0.2) is 34.1 Å². The minimum absolute atomic E-state index is 0.0649. The van der Waals surface area contributed by atoms with Crippen molar-refractivity contribution >= 4 is 35.6 Å². The average molecular weight is 399 g/mol. The number of carbonyl (C=O) groups is 1. The van der Waals surface area contributed by atoms with Crippen molar-refractivity contribution in [2.45, 2.75) is 19.1 Å². The zero-order valence-electron chi connectivity index (χ0n) is 13.9. The Labute approximate surface area is 157 Å². The van der Waals surface area contributed by atoms with Crippen molar-refractivity contribution in [2.75, 3.05) is 0 Å². The number of rotatable bonds is 4. The highest BCUT2D eigenvalue weighted by Crippen LogP contribution is 2.31. The molecule has 1 unspecified atom stereocenters. The van der Waals surface area contributed by atoms with Crippen LogP contribution in [0.1, 0.15) is 22.8 Å². The van der Waals surface area contributed by atoms with Gasteiger partial charge in [-0.25, -0.2) is 15.0 Å². The van der Waals surface area contributed by atoms with E-state index in [9.17, 15) is 18.0 Å². The van der Waals surface area contributed by atoms with E-state index in [0.29, 0.717) is 6.07 Å². The SMILES string of the molecule is CC(NC(=O)c1cc(Cl)cc(C(F)(F)F)c1)/C(N=CN)=N\c1ncccn1. The lowest BCUT2D eigenvalue weighted by molar-refractivity contribution is -0.137. The van der Waals surface area contributed by atoms with Crippen molar-refractivity contribution in [2.24, 2.45) is 15.7 Å². The largest absolute Gasteiger partial charge is 0.416 e. The number of carbonyl (C=O) groups excluding carboxylic acids is 1. The summed E-state index contributed by atoms with van der Waals surface area (Å²) in [5, 5.41) is 2.27. The van der Waals surface area contributed by atoms with Gasteiger partial charge in [0.1, 0.15) is 0 Å². The number of aliphatic imine (C=N–C) groups is 2. The van der Waals surface area contributed by atoms with Crippen LogP contribution < -0.4 is 11.1 Å². The molecule has 1 atom stereocenters. The average Bonchev–Trinajstić information content (AvgIpc) is 2.61. The Morgan fingerprint density at radius 2 is 1.96 bits per heavy atom. The van der Waals surface area contributed by atoms with E-state index in [-0.39, 0.29) is 22.4 Å². The fourth-order valence-electron chi connectivity index (χ4n) is 1.99. The third-order valence-electron chi connectivity index (χ3n) is 3.20. The number of nitrogens with two attached hydrogens (primary N) is 1. The first-order valence-corrected chi connectivity index (χ1v) is 7.87. The quantitative estimate of drug-likeness (QED) is 0.610. The first kappa shape index (κ1) is 20.3. The normalized spacial score (nSPS) is 13.6. The number of amides is 1. The van der Waals surface area contributed by atoms with Gasteiger partial charge in [0.2, 0.25) is 0 Å². The number of nitrogens with zero attached hydrogens (tertiary/aromatic N) is 4. The van der Waals surface area contributed by atoms with E-state index in [1.54, 1.807) is 6.07 Å². The molecule has 1 heterocycles. The number of alkyl halides is 3. The van der Waals surface area contributed by atoms with Gasteiger partial charge in [0.25, 0.3) is 11.9 Å². The van der Waals surface area contributed by atoms with E-state index in [0.717, 1.165) is 18.5 Å². The molecule has 1 amide bonds. The fourth-order valence-corrected chi connectivity index (χ4v) is 2.23. The number of amidine groups is 1. The van der Waals surface area contributed by atoms with Crippen molar-refractivity contribution in [1.82, 2.24) is 15.3 Å². The maximum Gasteiger partial charge on any atom is 0.416 e. The first-order chi connectivity index (χ1) is 12.7. The van der Waals surface area contributed by atoms with Crippen molar-refractivity contribution in [3.05, 3.63) is 52.8 Å². The van der Waals surface area contributed by atoms with Gasteiger partial charge in [-0.1, -0.05) is 11.6 Å². The second-order valence-corrected chi connectivity index (χ2v) is 5.65. The molecule has 7 nitrogen and oxygen atoms in total. The Balaban J connectivity index is 2.25. The standard InChI is InChI=1S/C16H14ClF3N6O/c1-9(13(24-8-21)26-15-22-3-2-4-23-15)25-14(27)10-5-11(16(18,19)20)7-12(17)6-10/h2-9H,1H3,(H,25,27)(H2,21,22,23,24,26). The van der Waals surface area contributed by atoms with Gasteiger partial charge in [-0.05, 0) is 31.2 Å². The topological polar surface area (TPSA) is 106 Å². The van der Waals surface area contributed by atoms with Crippen molar-refractivity contribution in [3.63, 3.8) is 0 Å². The van der Waals surface area contributed by atoms with Crippen LogP contribution in [0.25, 0.3) is 0 Å². The second kappa shape index (κ2) is 8.58. The van der Waals surface area contributed by atoms with Crippen LogP contribution in [-0.2, 0) is 6.18 Å². The van der Waals surface area contributed by atoms with Crippen LogP contribution in [0.3, 0.4) is 0 Å². The van der Waals surface area contributed by atoms with Crippen molar-refractivity contribution in [1.29, 1.82) is 0 Å². The lowest BCUT2D eigenvalue weighted by Gasteiger charge is -2.15. The molecule has 0 fully saturated rings. The van der Waals surface area contributed by atoms with E-state index in [4.69, 9.17) is 17.3 Å². The molecule has 0 bridgehead atoms. The van der Waals surface area contributed by atoms with Gasteiger partial charge >= 0.3 is 6.18 Å². The fraction of sp³-hybridized carbons (Fsp3) is 0.188. The maximum absolute atomic E-state index is 12.9. The van der Waals surface area contributed by atoms with Crippen LogP contribution in [0.4, 0.5) is 19.1 Å². The Morgan fingerprint density at radius 3 is 2.56 bits per heavy atom. The summed E-state index contributed by atoms with van der Waals surface area (Å²) in [5.41, 5.74) is 4.00. The smallest absolute Gasteiger partial charge is 0.390 e. The number of halogens is 4. The highest BCUT2D eigenvalue weighted by Gasteiger charge is 2.32. The monoisotopic (exact) mass is 398 g/mol. The van der Waals surface area contributed by atoms with Crippen LogP contribution in [0.15, 0.2) is 46.6 Å². The summed E-state index contributed by atoms with van der Waals surface area (Å²) in [6, 6.07) is 3.36. The minimum Gasteiger partial charge on any atom is -0.390 e. The molecule has 2 aromatic rings. The highest BCUT2D eigenvalue weighted by atomic mass is 35.5. The predicted octanol–water partition coefficient (Wildman–Crippen LogP) is 2.98. The van der Waals surface area contributed by atoms with E-state index in [1.807, 2.05) is 0 Å². The molecule has 142 valence electrons. The van der Waals surface area contributed by atoms with Gasteiger partial charge in [0.15, 0.2) is 5.84 Å². The van der Waals surface area contributed by atoms with Gasteiger partial charge < -0.3 is 11.1 Å². The lowest BCUT2D eigenvalue weighted by atomic mass is 10.1. The molecule has 0 aliphatic rings. The molecule has 1 aromatic carbocycles. The molecule has 0 saturated carbocycles. The summed E-state index contributed by atoms with van der Waals surface area (Å²) in [5.74, 6) is -0.638. The zero-order valence-corrected chi connectivity index (χ0v) is 14.7. The Morgan fingerprint density at radius 1 is 1.30 bits per heavy atom. The lowest BCUT2D eigenvalue weighted by Crippen LogP contribution is -2.38. The molecular weight excluding hydrogens is 385 g/mol. The summed E-state index contributed by atoms with van der Waals surface area (Å²) < 4.78 is 38.7. The van der Waals surface area contributed by atoms with Gasteiger partial charge in [-0.2, -0.15) is 18.2 Å². The molecule has 11 heteroatoms. The Bertz CT molecular complexity index is 870. The zero-order chi connectivity index (χ0) is 20.0. The predicted molar refractivity (Wildman–Crippen MR) is 95.2 cm³/mol. The van der Waals surface area contributed by atoms with Gasteiger partial charge in [-0.3, -0.25) is 4.79 Å². The Kier molecular flexibility index (Phi) is 6.45. The highest BCUT2D eigenvalue weighted by molar-refractivity contribution is 6.31. The summed E-state index contributed by atoms with van der Waals surface area (Å²) in [7, 11) is 0. The maximum atomic E-state index is 12.9. The number of hydrogen-bond acceptors (Lipinski definition) is 4. The summed E-state index contributed by atoms with van der Waals surface area (Å²) in [4.78, 5) is 28.1. The van der Waals surface area contributed by atoms with Crippen LogP contribution in [0, 0.1) is 0 Å². The van der Waals surface area contributed by atoms with E-state index in [2.05, 4.69) is 25.3 Å². The Hall–Kier alpha value is -3.01. The minimum atomic E-state index is -4.63. The molecule has 0 spiro atoms. The molecule has 2 rings (SSSR count). The van der Waals surface area contributed by atoms with Gasteiger partial charge in [-0.15, -0.1) is 0 Å². The molecular formula is C16H14ClF3N6O. The van der Waals surface area contributed by atoms with Gasteiger partial charge in [0.05, 0.1) is 17.9 Å². The van der Waals surface area contributed by atoms with E-state index >= 15 is 0 Å². The molecule has 0 radical (unpaired) electrons. The third kappa shape index (κ3) is 5.74. The van der Waals surface area contributed by atoms with Crippen LogP contribution in [0.5, 0.6) is 0 Å². The number of aromatic nitrogens is 2. The summed E-state index contributed by atoms with van der Waals surface area (Å²) in [6.45, 7) is 1.53. The molecule has 3 N–H and O–H groups in total. The van der Waals surface area contributed by atoms with Gasteiger partial charge in [0, 0.05) is 23.0 Å². The number of nitrogens with one attached hydrogen (secondary N) is 1. The molecule has 0 saturated heterocycles.